The highest BCUT2D eigenvalue weighted by Gasteiger charge is 2.32. The van der Waals surface area contributed by atoms with Crippen molar-refractivity contribution in [3.05, 3.63) is 64.9 Å². The van der Waals surface area contributed by atoms with Gasteiger partial charge < -0.3 is 23.9 Å². The number of nitrogens with one attached hydrogen (secondary N) is 1. The fourth-order valence-corrected chi connectivity index (χ4v) is 2.50. The summed E-state index contributed by atoms with van der Waals surface area (Å²) in [6.07, 6.45) is 0. The summed E-state index contributed by atoms with van der Waals surface area (Å²) in [4.78, 5) is 36.0. The minimum absolute atomic E-state index is 0.0436. The van der Waals surface area contributed by atoms with Crippen LogP contribution in [0.15, 0.2) is 52.3 Å². The standard InChI is InChI=1S/C19H17NO7/c1-11-14(18(22)24-2)8-13(27-11)9-26-19(23)16-15(21)10-25-17(16)20-12-6-4-3-5-7-12/h3-8,20H,9-10H2,1-2H3. The van der Waals surface area contributed by atoms with Crippen molar-refractivity contribution in [2.24, 2.45) is 0 Å². The molecule has 8 heteroatoms. The summed E-state index contributed by atoms with van der Waals surface area (Å²) < 4.78 is 20.4. The molecule has 1 aromatic heterocycles. The molecule has 1 N–H and O–H groups in total. The lowest BCUT2D eigenvalue weighted by molar-refractivity contribution is -0.142. The summed E-state index contributed by atoms with van der Waals surface area (Å²) in [7, 11) is 1.26. The molecule has 2 heterocycles. The Morgan fingerprint density at radius 2 is 1.93 bits per heavy atom. The van der Waals surface area contributed by atoms with Crippen LogP contribution >= 0.6 is 0 Å². The van der Waals surface area contributed by atoms with Crippen molar-refractivity contribution in [2.45, 2.75) is 13.5 Å². The van der Waals surface area contributed by atoms with Gasteiger partial charge in [-0.1, -0.05) is 18.2 Å². The van der Waals surface area contributed by atoms with E-state index in [0.717, 1.165) is 0 Å². The summed E-state index contributed by atoms with van der Waals surface area (Å²) in [5.74, 6) is -1.23. The molecule has 1 aromatic carbocycles. The number of para-hydroxylation sites is 1. The molecule has 0 saturated heterocycles. The van der Waals surface area contributed by atoms with E-state index in [1.807, 2.05) is 6.07 Å². The molecule has 0 atom stereocenters. The maximum Gasteiger partial charge on any atom is 0.347 e. The van der Waals surface area contributed by atoms with Gasteiger partial charge in [-0.25, -0.2) is 9.59 Å². The molecule has 0 fully saturated rings. The number of carbonyl (C=O) groups is 3. The SMILES string of the molecule is COC(=O)c1cc(COC(=O)C2=C(Nc3ccccc3)OCC2=O)oc1C. The van der Waals surface area contributed by atoms with E-state index in [1.165, 1.54) is 13.2 Å². The fraction of sp³-hybridized carbons (Fsp3) is 0.211. The first-order valence-electron chi connectivity index (χ1n) is 8.06. The predicted octanol–water partition coefficient (Wildman–Crippen LogP) is 2.34. The van der Waals surface area contributed by atoms with Crippen molar-refractivity contribution in [3.8, 4) is 0 Å². The topological polar surface area (TPSA) is 104 Å². The Kier molecular flexibility index (Phi) is 5.25. The lowest BCUT2D eigenvalue weighted by atomic mass is 10.2. The molecule has 27 heavy (non-hydrogen) atoms. The number of benzene rings is 1. The van der Waals surface area contributed by atoms with Gasteiger partial charge in [-0.3, -0.25) is 4.79 Å². The van der Waals surface area contributed by atoms with E-state index in [1.54, 1.807) is 31.2 Å². The van der Waals surface area contributed by atoms with E-state index in [2.05, 4.69) is 10.1 Å². The normalized spacial score (nSPS) is 13.3. The first-order chi connectivity index (χ1) is 13.0. The second kappa shape index (κ2) is 7.77. The number of Topliss-reactive ketones (excluding diaryl/α,β-unsaturated/α-hetero) is 1. The summed E-state index contributed by atoms with van der Waals surface area (Å²) in [6, 6.07) is 10.4. The Labute approximate surface area is 154 Å². The first kappa shape index (κ1) is 18.2. The van der Waals surface area contributed by atoms with Crippen molar-refractivity contribution in [2.75, 3.05) is 19.0 Å². The van der Waals surface area contributed by atoms with Crippen molar-refractivity contribution in [3.63, 3.8) is 0 Å². The fourth-order valence-electron chi connectivity index (χ4n) is 2.50. The molecule has 0 aliphatic carbocycles. The molecule has 8 nitrogen and oxygen atoms in total. The molecule has 0 amide bonds. The van der Waals surface area contributed by atoms with E-state index < -0.39 is 17.7 Å². The van der Waals surface area contributed by atoms with Gasteiger partial charge in [0.15, 0.2) is 12.2 Å². The van der Waals surface area contributed by atoms with Crippen LogP contribution in [-0.4, -0.2) is 31.4 Å². The van der Waals surface area contributed by atoms with Crippen LogP contribution in [0.4, 0.5) is 5.69 Å². The molecule has 0 unspecified atom stereocenters. The van der Waals surface area contributed by atoms with Gasteiger partial charge in [0, 0.05) is 5.69 Å². The van der Waals surface area contributed by atoms with Gasteiger partial charge in [0.25, 0.3) is 0 Å². The number of esters is 2. The third-order valence-electron chi connectivity index (χ3n) is 3.81. The first-order valence-corrected chi connectivity index (χ1v) is 8.06. The number of aryl methyl sites for hydroxylation is 1. The number of ether oxygens (including phenoxy) is 3. The summed E-state index contributed by atoms with van der Waals surface area (Å²) in [6.45, 7) is 1.11. The zero-order valence-corrected chi connectivity index (χ0v) is 14.7. The second-order valence-corrected chi connectivity index (χ2v) is 5.66. The number of ketones is 1. The van der Waals surface area contributed by atoms with Gasteiger partial charge in [0.2, 0.25) is 11.7 Å². The number of carbonyl (C=O) groups excluding carboxylic acids is 3. The van der Waals surface area contributed by atoms with Crippen LogP contribution in [0, 0.1) is 6.92 Å². The van der Waals surface area contributed by atoms with Crippen molar-refractivity contribution < 1.29 is 33.0 Å². The highest BCUT2D eigenvalue weighted by molar-refractivity contribution is 6.19. The Bertz CT molecular complexity index is 911. The van der Waals surface area contributed by atoms with Crippen LogP contribution < -0.4 is 5.32 Å². The predicted molar refractivity (Wildman–Crippen MR) is 92.6 cm³/mol. The van der Waals surface area contributed by atoms with Crippen LogP contribution in [0.25, 0.3) is 0 Å². The molecule has 1 aliphatic heterocycles. The molecule has 3 rings (SSSR count). The number of hydrogen-bond donors (Lipinski definition) is 1. The number of furan rings is 1. The maximum atomic E-state index is 12.4. The molecule has 140 valence electrons. The summed E-state index contributed by atoms with van der Waals surface area (Å²) >= 11 is 0. The third-order valence-corrected chi connectivity index (χ3v) is 3.81. The monoisotopic (exact) mass is 371 g/mol. The summed E-state index contributed by atoms with van der Waals surface area (Å²) in [5.41, 5.74) is 0.710. The maximum absolute atomic E-state index is 12.4. The molecule has 0 radical (unpaired) electrons. The van der Waals surface area contributed by atoms with Crippen molar-refractivity contribution >= 4 is 23.4 Å². The van der Waals surface area contributed by atoms with Crippen LogP contribution in [0.3, 0.4) is 0 Å². The number of hydrogen-bond acceptors (Lipinski definition) is 8. The highest BCUT2D eigenvalue weighted by Crippen LogP contribution is 2.22. The second-order valence-electron chi connectivity index (χ2n) is 5.66. The number of anilines is 1. The average molecular weight is 371 g/mol. The number of methoxy groups -OCH3 is 1. The molecular formula is C19H17NO7. The van der Waals surface area contributed by atoms with E-state index in [0.29, 0.717) is 11.4 Å². The molecular weight excluding hydrogens is 354 g/mol. The molecule has 1 aliphatic rings. The minimum Gasteiger partial charge on any atom is -0.470 e. The van der Waals surface area contributed by atoms with Gasteiger partial charge >= 0.3 is 11.9 Å². The highest BCUT2D eigenvalue weighted by atomic mass is 16.5. The van der Waals surface area contributed by atoms with Gasteiger partial charge in [-0.2, -0.15) is 0 Å². The number of rotatable bonds is 6. The van der Waals surface area contributed by atoms with Gasteiger partial charge in [-0.05, 0) is 25.1 Å². The molecule has 2 aromatic rings. The Hall–Kier alpha value is -3.55. The van der Waals surface area contributed by atoms with Crippen LogP contribution in [-0.2, 0) is 30.4 Å². The van der Waals surface area contributed by atoms with Crippen molar-refractivity contribution in [1.29, 1.82) is 0 Å². The van der Waals surface area contributed by atoms with E-state index in [4.69, 9.17) is 13.9 Å². The van der Waals surface area contributed by atoms with Crippen LogP contribution in [0.2, 0.25) is 0 Å². The third kappa shape index (κ3) is 4.00. The molecule has 0 saturated carbocycles. The molecule has 0 spiro atoms. The van der Waals surface area contributed by atoms with E-state index >= 15 is 0 Å². The average Bonchev–Trinajstić information content (AvgIpc) is 3.22. The van der Waals surface area contributed by atoms with Crippen molar-refractivity contribution in [1.82, 2.24) is 0 Å². The Morgan fingerprint density at radius 3 is 2.63 bits per heavy atom. The minimum atomic E-state index is -0.843. The largest absolute Gasteiger partial charge is 0.470 e. The Morgan fingerprint density at radius 1 is 1.19 bits per heavy atom. The zero-order valence-electron chi connectivity index (χ0n) is 14.7. The van der Waals surface area contributed by atoms with Crippen LogP contribution in [0.5, 0.6) is 0 Å². The van der Waals surface area contributed by atoms with E-state index in [-0.39, 0.29) is 36.0 Å². The van der Waals surface area contributed by atoms with E-state index in [9.17, 15) is 14.4 Å². The van der Waals surface area contributed by atoms with Gasteiger partial charge in [-0.15, -0.1) is 0 Å². The quantitative estimate of drug-likeness (QED) is 0.609. The lowest BCUT2D eigenvalue weighted by Gasteiger charge is -2.08. The summed E-state index contributed by atoms with van der Waals surface area (Å²) in [5, 5.41) is 2.89. The van der Waals surface area contributed by atoms with Gasteiger partial charge in [0.05, 0.1) is 7.11 Å². The Balaban J connectivity index is 1.71. The smallest absolute Gasteiger partial charge is 0.347 e. The van der Waals surface area contributed by atoms with Crippen LogP contribution in [0.1, 0.15) is 21.9 Å². The molecule has 0 bridgehead atoms. The lowest BCUT2D eigenvalue weighted by Crippen LogP contribution is -2.16. The van der Waals surface area contributed by atoms with Gasteiger partial charge in [0.1, 0.15) is 23.7 Å². The zero-order chi connectivity index (χ0) is 19.4.